The van der Waals surface area contributed by atoms with Crippen LogP contribution in [0.3, 0.4) is 0 Å². The first kappa shape index (κ1) is 27.1. The van der Waals surface area contributed by atoms with Crippen LogP contribution in [-0.4, -0.2) is 0 Å². The summed E-state index contributed by atoms with van der Waals surface area (Å²) < 4.78 is 0. The summed E-state index contributed by atoms with van der Waals surface area (Å²) in [6, 6.07) is 0. The smallest absolute Gasteiger partial charge is 1.00 e. The van der Waals surface area contributed by atoms with Gasteiger partial charge in [-0.2, -0.15) is 0 Å². The first-order chi connectivity index (χ1) is 0. The zero-order valence-electron chi connectivity index (χ0n) is 3.22. The van der Waals surface area contributed by atoms with E-state index in [1.54, 1.807) is 0 Å². The normalized spacial score (nSPS) is 0. The summed E-state index contributed by atoms with van der Waals surface area (Å²) in [4.78, 5) is 0. The van der Waals surface area contributed by atoms with Gasteiger partial charge in [0.15, 0.2) is 0 Å². The molecule has 0 amide bonds. The molecular weight excluding hydrogens is 404 g/mol. The fraction of sp³-hybridized carbons (Fsp3) is 0. The van der Waals surface area contributed by atoms with E-state index in [2.05, 4.69) is 0 Å². The molecule has 0 radical (unpaired) electrons. The average Bonchev–Trinajstić information content (AvgIpc) is 0. The maximum Gasteiger partial charge on any atom is 1.00 e. The van der Waals surface area contributed by atoms with Crippen molar-refractivity contribution in [3.05, 3.63) is 0 Å². The SMILES string of the molecule is I.I.I.[H-].[Na+]. The summed E-state index contributed by atoms with van der Waals surface area (Å²) in [6.07, 6.45) is 0. The fourth-order valence-electron chi connectivity index (χ4n) is 0. The Morgan fingerprint density at radius 2 is 0.750 bits per heavy atom. The summed E-state index contributed by atoms with van der Waals surface area (Å²) in [5, 5.41) is 0. The quantitative estimate of drug-likeness (QED) is 0.356. The Kier molecular flexibility index (Phi) is 111. The molecular formula is H4I3Na. The number of hydrogen-bond donors (Lipinski definition) is 0. The van der Waals surface area contributed by atoms with E-state index in [1.165, 1.54) is 0 Å². The largest absolute Gasteiger partial charge is 1.00 e. The molecule has 0 aromatic rings. The van der Waals surface area contributed by atoms with Crippen molar-refractivity contribution in [1.82, 2.24) is 0 Å². The molecule has 0 saturated carbocycles. The molecule has 0 rings (SSSR count). The van der Waals surface area contributed by atoms with Gasteiger partial charge in [-0.3, -0.25) is 0 Å². The summed E-state index contributed by atoms with van der Waals surface area (Å²) >= 11 is 0. The predicted octanol–water partition coefficient (Wildman–Crippen LogP) is -1.03. The molecule has 0 aliphatic heterocycles. The standard InChI is InChI=1S/3HI.Na.H/h3*1H;;/q;;;+1;-1. The van der Waals surface area contributed by atoms with Crippen molar-refractivity contribution < 1.29 is 31.0 Å². The van der Waals surface area contributed by atoms with Crippen LogP contribution in [0.15, 0.2) is 0 Å². The topological polar surface area (TPSA) is 0 Å². The third kappa shape index (κ3) is 8.95. The maximum atomic E-state index is 0. The van der Waals surface area contributed by atoms with Gasteiger partial charge < -0.3 is 1.43 Å². The summed E-state index contributed by atoms with van der Waals surface area (Å²) in [7, 11) is 0. The van der Waals surface area contributed by atoms with Crippen molar-refractivity contribution in [1.29, 1.82) is 0 Å². The second-order valence-corrected chi connectivity index (χ2v) is 0. The van der Waals surface area contributed by atoms with Crippen molar-refractivity contribution in [2.24, 2.45) is 0 Å². The second-order valence-electron chi connectivity index (χ2n) is 0. The van der Waals surface area contributed by atoms with E-state index in [1.807, 2.05) is 0 Å². The molecule has 0 heterocycles. The van der Waals surface area contributed by atoms with Crippen molar-refractivity contribution in [3.8, 4) is 0 Å². The van der Waals surface area contributed by atoms with Gasteiger partial charge in [-0.1, -0.05) is 0 Å². The zero-order valence-corrected chi connectivity index (χ0v) is 11.2. The summed E-state index contributed by atoms with van der Waals surface area (Å²) in [5.41, 5.74) is 0. The molecule has 0 N–H and O–H groups in total. The second kappa shape index (κ2) is 16.4. The molecule has 0 aliphatic carbocycles. The molecule has 0 spiro atoms. The fourth-order valence-corrected chi connectivity index (χ4v) is 0. The van der Waals surface area contributed by atoms with Gasteiger partial charge in [0.1, 0.15) is 0 Å². The molecule has 4 heavy (non-hydrogen) atoms. The van der Waals surface area contributed by atoms with Gasteiger partial charge in [-0.15, -0.1) is 71.9 Å². The predicted molar refractivity (Wildman–Crippen MR) is 47.4 cm³/mol. The molecule has 0 bridgehead atoms. The number of hydrogen-bond acceptors (Lipinski definition) is 0. The number of rotatable bonds is 0. The Morgan fingerprint density at radius 1 is 0.750 bits per heavy atom. The van der Waals surface area contributed by atoms with Crippen LogP contribution in [0.5, 0.6) is 0 Å². The Hall–Kier alpha value is 3.19. The van der Waals surface area contributed by atoms with Gasteiger partial charge in [0.25, 0.3) is 0 Å². The third-order valence-electron chi connectivity index (χ3n) is 0. The van der Waals surface area contributed by atoms with Gasteiger partial charge in [-0.25, -0.2) is 0 Å². The van der Waals surface area contributed by atoms with E-state index in [-0.39, 0.29) is 103 Å². The molecule has 0 atom stereocenters. The maximum absolute atomic E-state index is 0. The Morgan fingerprint density at radius 3 is 0.750 bits per heavy atom. The van der Waals surface area contributed by atoms with E-state index in [4.69, 9.17) is 0 Å². The van der Waals surface area contributed by atoms with E-state index < -0.39 is 0 Å². The Labute approximate surface area is 101 Å². The average molecular weight is 408 g/mol. The minimum atomic E-state index is 0. The first-order valence-electron chi connectivity index (χ1n) is 0. The Bertz CT molecular complexity index is 6.85. The summed E-state index contributed by atoms with van der Waals surface area (Å²) in [5.74, 6) is 0. The van der Waals surface area contributed by atoms with Crippen LogP contribution in [0.2, 0.25) is 0 Å². The van der Waals surface area contributed by atoms with Crippen LogP contribution in [0.25, 0.3) is 0 Å². The summed E-state index contributed by atoms with van der Waals surface area (Å²) in [6.45, 7) is 0. The minimum Gasteiger partial charge on any atom is -1.00 e. The van der Waals surface area contributed by atoms with Gasteiger partial charge in [0.2, 0.25) is 0 Å². The van der Waals surface area contributed by atoms with Crippen LogP contribution in [0.1, 0.15) is 1.43 Å². The van der Waals surface area contributed by atoms with Crippen LogP contribution in [0.4, 0.5) is 0 Å². The van der Waals surface area contributed by atoms with Crippen LogP contribution in [-0.2, 0) is 0 Å². The van der Waals surface area contributed by atoms with Crippen molar-refractivity contribution in [2.75, 3.05) is 0 Å². The molecule has 0 saturated heterocycles. The van der Waals surface area contributed by atoms with Crippen LogP contribution >= 0.6 is 71.9 Å². The molecule has 4 heteroatoms. The van der Waals surface area contributed by atoms with Crippen LogP contribution < -0.4 is 29.6 Å². The zero-order chi connectivity index (χ0) is 0. The molecule has 0 aliphatic rings. The number of halogens is 3. The van der Waals surface area contributed by atoms with Crippen molar-refractivity contribution >= 4 is 71.9 Å². The van der Waals surface area contributed by atoms with E-state index in [0.717, 1.165) is 0 Å². The molecule has 0 nitrogen and oxygen atoms in total. The van der Waals surface area contributed by atoms with Crippen LogP contribution in [0, 0.1) is 0 Å². The minimum absolute atomic E-state index is 0. The molecule has 26 valence electrons. The molecule has 0 unspecified atom stereocenters. The van der Waals surface area contributed by atoms with Gasteiger partial charge in [-0.05, 0) is 0 Å². The van der Waals surface area contributed by atoms with Gasteiger partial charge in [0.05, 0.1) is 0 Å². The monoisotopic (exact) mass is 408 g/mol. The molecule has 0 aromatic carbocycles. The van der Waals surface area contributed by atoms with E-state index in [9.17, 15) is 0 Å². The van der Waals surface area contributed by atoms with E-state index >= 15 is 0 Å². The van der Waals surface area contributed by atoms with Crippen molar-refractivity contribution in [3.63, 3.8) is 0 Å². The first-order valence-corrected chi connectivity index (χ1v) is 0. The van der Waals surface area contributed by atoms with Gasteiger partial charge >= 0.3 is 29.6 Å². The molecule has 0 aromatic heterocycles. The van der Waals surface area contributed by atoms with E-state index in [0.29, 0.717) is 0 Å². The Balaban J connectivity index is 0. The van der Waals surface area contributed by atoms with Gasteiger partial charge in [0, 0.05) is 0 Å². The third-order valence-corrected chi connectivity index (χ3v) is 0. The van der Waals surface area contributed by atoms with Crippen molar-refractivity contribution in [2.45, 2.75) is 0 Å². The molecule has 0 fully saturated rings.